The summed E-state index contributed by atoms with van der Waals surface area (Å²) in [5.74, 6) is 5.96. The second kappa shape index (κ2) is 4.93. The molecule has 0 radical (unpaired) electrons. The van der Waals surface area contributed by atoms with Crippen molar-refractivity contribution < 1.29 is 4.79 Å². The van der Waals surface area contributed by atoms with Gasteiger partial charge in [0.25, 0.3) is 0 Å². The molecule has 1 amide bonds. The van der Waals surface area contributed by atoms with Crippen LogP contribution in [0.1, 0.15) is 12.8 Å². The fourth-order valence-electron chi connectivity index (χ4n) is 2.53. The highest BCUT2D eigenvalue weighted by Gasteiger charge is 2.26. The molecule has 1 unspecified atom stereocenters. The number of fused-ring (bicyclic) bond motifs is 1. The quantitative estimate of drug-likeness (QED) is 0.431. The summed E-state index contributed by atoms with van der Waals surface area (Å²) in [7, 11) is 0. The normalized spacial score (nSPS) is 19.2. The van der Waals surface area contributed by atoms with Gasteiger partial charge in [-0.15, -0.1) is 0 Å². The maximum absolute atomic E-state index is 11.4. The van der Waals surface area contributed by atoms with Crippen molar-refractivity contribution in [3.8, 4) is 0 Å². The maximum Gasteiger partial charge on any atom is 0.241 e. The van der Waals surface area contributed by atoms with E-state index in [4.69, 9.17) is 11.6 Å². The molecule has 0 aliphatic carbocycles. The van der Waals surface area contributed by atoms with Crippen LogP contribution in [0.3, 0.4) is 0 Å². The van der Waals surface area contributed by atoms with Crippen LogP contribution in [0, 0.1) is 5.92 Å². The number of anilines is 2. The summed E-state index contributed by atoms with van der Waals surface area (Å²) in [5, 5.41) is 7.56. The number of nitrogen functional groups attached to an aromatic ring is 1. The number of hydrogen-bond acceptors (Lipinski definition) is 7. The van der Waals surface area contributed by atoms with Crippen LogP contribution in [-0.2, 0) is 4.79 Å². The Balaban J connectivity index is 2.00. The molecule has 3 rings (SSSR count). The van der Waals surface area contributed by atoms with Gasteiger partial charge in [0.2, 0.25) is 11.9 Å². The third-order valence-corrected chi connectivity index (χ3v) is 3.54. The Kier molecular flexibility index (Phi) is 3.11. The average Bonchev–Trinajstić information content (AvgIpc) is 2.94. The van der Waals surface area contributed by atoms with Crippen LogP contribution < -0.4 is 21.9 Å². The van der Waals surface area contributed by atoms with Crippen molar-refractivity contribution >= 4 is 28.7 Å². The molecule has 0 aromatic carbocycles. The number of piperidine rings is 1. The van der Waals surface area contributed by atoms with E-state index >= 15 is 0 Å². The molecule has 1 fully saturated rings. The van der Waals surface area contributed by atoms with Gasteiger partial charge in [-0.2, -0.15) is 15.1 Å². The molecule has 6 N–H and O–H groups in total. The molecule has 9 nitrogen and oxygen atoms in total. The molecule has 2 aromatic rings. The summed E-state index contributed by atoms with van der Waals surface area (Å²) in [6.45, 7) is 1.36. The van der Waals surface area contributed by atoms with Crippen molar-refractivity contribution in [2.45, 2.75) is 12.8 Å². The number of hydrazine groups is 1. The zero-order valence-corrected chi connectivity index (χ0v) is 10.8. The first kappa shape index (κ1) is 12.6. The van der Waals surface area contributed by atoms with Crippen molar-refractivity contribution in [2.75, 3.05) is 23.4 Å². The highest BCUT2D eigenvalue weighted by atomic mass is 16.1. The summed E-state index contributed by atoms with van der Waals surface area (Å²) in [6.07, 6.45) is 3.37. The Morgan fingerprint density at radius 2 is 2.35 bits per heavy atom. The molecule has 1 atom stereocenters. The standard InChI is InChI=1S/C11H16N8O/c12-8(20)6-2-1-3-19(5-6)10-7-4-14-18-9(7)15-11(16-10)17-13/h4,6H,1-3,5,13H2,(H2,12,20)(H2,14,15,16,17,18). The highest BCUT2D eigenvalue weighted by Crippen LogP contribution is 2.27. The maximum atomic E-state index is 11.4. The topological polar surface area (TPSA) is 139 Å². The predicted molar refractivity (Wildman–Crippen MR) is 73.6 cm³/mol. The zero-order chi connectivity index (χ0) is 14.1. The van der Waals surface area contributed by atoms with Gasteiger partial charge in [0.15, 0.2) is 5.65 Å². The number of nitrogens with zero attached hydrogens (tertiary/aromatic N) is 4. The fourth-order valence-corrected chi connectivity index (χ4v) is 2.53. The first-order valence-electron chi connectivity index (χ1n) is 6.41. The smallest absolute Gasteiger partial charge is 0.241 e. The number of primary amides is 1. The van der Waals surface area contributed by atoms with E-state index in [1.807, 2.05) is 4.90 Å². The van der Waals surface area contributed by atoms with Crippen molar-refractivity contribution in [2.24, 2.45) is 17.5 Å². The molecule has 0 bridgehead atoms. The highest BCUT2D eigenvalue weighted by molar-refractivity contribution is 5.88. The van der Waals surface area contributed by atoms with Gasteiger partial charge in [0, 0.05) is 13.1 Å². The number of H-pyrrole nitrogens is 1. The zero-order valence-electron chi connectivity index (χ0n) is 10.8. The van der Waals surface area contributed by atoms with Crippen LogP contribution in [0.2, 0.25) is 0 Å². The second-order valence-electron chi connectivity index (χ2n) is 4.83. The van der Waals surface area contributed by atoms with Crippen molar-refractivity contribution in [3.05, 3.63) is 6.20 Å². The van der Waals surface area contributed by atoms with Gasteiger partial charge >= 0.3 is 0 Å². The lowest BCUT2D eigenvalue weighted by atomic mass is 9.97. The number of nitrogens with one attached hydrogen (secondary N) is 2. The van der Waals surface area contributed by atoms with E-state index in [9.17, 15) is 4.79 Å². The van der Waals surface area contributed by atoms with E-state index < -0.39 is 0 Å². The van der Waals surface area contributed by atoms with Gasteiger partial charge in [0.05, 0.1) is 17.5 Å². The van der Waals surface area contributed by atoms with Gasteiger partial charge in [0.1, 0.15) is 5.82 Å². The summed E-state index contributed by atoms with van der Waals surface area (Å²) in [6, 6.07) is 0. The van der Waals surface area contributed by atoms with E-state index in [2.05, 4.69) is 25.6 Å². The van der Waals surface area contributed by atoms with Gasteiger partial charge in [-0.1, -0.05) is 0 Å². The molecule has 2 aromatic heterocycles. The minimum Gasteiger partial charge on any atom is -0.369 e. The minimum absolute atomic E-state index is 0.157. The average molecular weight is 276 g/mol. The predicted octanol–water partition coefficient (Wildman–Crippen LogP) is -0.660. The molecule has 0 saturated carbocycles. The Bertz CT molecular complexity index is 638. The molecule has 1 saturated heterocycles. The second-order valence-corrected chi connectivity index (χ2v) is 4.83. The summed E-state index contributed by atoms with van der Waals surface area (Å²) in [4.78, 5) is 22.0. The monoisotopic (exact) mass is 276 g/mol. The minimum atomic E-state index is -0.274. The Morgan fingerprint density at radius 3 is 3.10 bits per heavy atom. The summed E-state index contributed by atoms with van der Waals surface area (Å²) in [5.41, 5.74) is 8.44. The van der Waals surface area contributed by atoms with Gasteiger partial charge < -0.3 is 10.6 Å². The van der Waals surface area contributed by atoms with Crippen LogP contribution >= 0.6 is 0 Å². The van der Waals surface area contributed by atoms with E-state index in [1.165, 1.54) is 0 Å². The number of aromatic amines is 1. The van der Waals surface area contributed by atoms with E-state index in [1.54, 1.807) is 6.20 Å². The lowest BCUT2D eigenvalue weighted by Gasteiger charge is -2.32. The first-order valence-corrected chi connectivity index (χ1v) is 6.41. The third kappa shape index (κ3) is 2.11. The third-order valence-electron chi connectivity index (χ3n) is 3.54. The van der Waals surface area contributed by atoms with Gasteiger partial charge in [-0.25, -0.2) is 5.84 Å². The molecule has 1 aliphatic heterocycles. The number of carbonyl (C=O) groups excluding carboxylic acids is 1. The van der Waals surface area contributed by atoms with E-state index in [-0.39, 0.29) is 11.8 Å². The summed E-state index contributed by atoms with van der Waals surface area (Å²) < 4.78 is 0. The van der Waals surface area contributed by atoms with E-state index in [0.717, 1.165) is 24.8 Å². The fraction of sp³-hybridized carbons (Fsp3) is 0.455. The molecule has 3 heterocycles. The van der Waals surface area contributed by atoms with Crippen LogP contribution in [0.5, 0.6) is 0 Å². The van der Waals surface area contributed by atoms with E-state index in [0.29, 0.717) is 24.0 Å². The molecule has 9 heteroatoms. The molecule has 1 aliphatic rings. The lowest BCUT2D eigenvalue weighted by Crippen LogP contribution is -2.41. The Morgan fingerprint density at radius 1 is 1.50 bits per heavy atom. The Labute approximate surface area is 114 Å². The molecule has 20 heavy (non-hydrogen) atoms. The lowest BCUT2D eigenvalue weighted by molar-refractivity contribution is -0.122. The van der Waals surface area contributed by atoms with Crippen LogP contribution in [-0.4, -0.2) is 39.2 Å². The SMILES string of the molecule is NNc1nc(N2CCCC(C(N)=O)C2)c2cn[nH]c2n1. The van der Waals surface area contributed by atoms with Gasteiger partial charge in [-0.05, 0) is 12.8 Å². The largest absolute Gasteiger partial charge is 0.369 e. The van der Waals surface area contributed by atoms with Crippen LogP contribution in [0.15, 0.2) is 6.20 Å². The number of carbonyl (C=O) groups is 1. The molecular weight excluding hydrogens is 260 g/mol. The summed E-state index contributed by atoms with van der Waals surface area (Å²) >= 11 is 0. The number of aromatic nitrogens is 4. The molecular formula is C11H16N8O. The number of nitrogens with two attached hydrogens (primary N) is 2. The molecule has 106 valence electrons. The van der Waals surface area contributed by atoms with Crippen LogP contribution in [0.25, 0.3) is 11.0 Å². The van der Waals surface area contributed by atoms with Crippen molar-refractivity contribution in [1.82, 2.24) is 20.2 Å². The van der Waals surface area contributed by atoms with Gasteiger partial charge in [-0.3, -0.25) is 15.3 Å². The number of hydrogen-bond donors (Lipinski definition) is 4. The van der Waals surface area contributed by atoms with Crippen molar-refractivity contribution in [3.63, 3.8) is 0 Å². The first-order chi connectivity index (χ1) is 9.69. The molecule has 0 spiro atoms. The van der Waals surface area contributed by atoms with Crippen molar-refractivity contribution in [1.29, 1.82) is 0 Å². The Hall–Kier alpha value is -2.42. The number of rotatable bonds is 3. The van der Waals surface area contributed by atoms with Crippen LogP contribution in [0.4, 0.5) is 11.8 Å². The number of amides is 1.